The van der Waals surface area contributed by atoms with Gasteiger partial charge in [-0.1, -0.05) is 60.0 Å². The molecule has 0 radical (unpaired) electrons. The molecule has 0 amide bonds. The molecule has 0 aromatic heterocycles. The van der Waals surface area contributed by atoms with Crippen LogP contribution in [-0.2, 0) is 5.60 Å². The highest BCUT2D eigenvalue weighted by Gasteiger charge is 2.19. The SMILES string of the molecule is C#CC(C)(O)c1ccc(-c2ccccc2Cl)cc1. The second-order valence-electron chi connectivity index (χ2n) is 4.27. The molecule has 2 aromatic rings. The van der Waals surface area contributed by atoms with Crippen LogP contribution >= 0.6 is 11.6 Å². The summed E-state index contributed by atoms with van der Waals surface area (Å²) < 4.78 is 0. The smallest absolute Gasteiger partial charge is 0.147 e. The zero-order valence-electron chi connectivity index (χ0n) is 10.0. The van der Waals surface area contributed by atoms with Gasteiger partial charge in [-0.05, 0) is 24.1 Å². The lowest BCUT2D eigenvalue weighted by Crippen LogP contribution is -2.17. The van der Waals surface area contributed by atoms with Crippen LogP contribution in [0.2, 0.25) is 5.02 Å². The Labute approximate surface area is 112 Å². The molecule has 0 fully saturated rings. The fourth-order valence-electron chi connectivity index (χ4n) is 1.75. The van der Waals surface area contributed by atoms with Gasteiger partial charge in [-0.3, -0.25) is 0 Å². The number of aliphatic hydroxyl groups is 1. The first kappa shape index (κ1) is 12.7. The fraction of sp³-hybridized carbons (Fsp3) is 0.125. The monoisotopic (exact) mass is 256 g/mol. The standard InChI is InChI=1S/C16H13ClO/c1-3-16(2,18)13-10-8-12(9-11-13)14-6-4-5-7-15(14)17/h1,4-11,18H,2H3. The van der Waals surface area contributed by atoms with Gasteiger partial charge in [0.1, 0.15) is 5.60 Å². The summed E-state index contributed by atoms with van der Waals surface area (Å²) in [6.07, 6.45) is 5.29. The number of hydrogen-bond acceptors (Lipinski definition) is 1. The minimum absolute atomic E-state index is 0.695. The number of halogens is 1. The molecule has 2 aromatic carbocycles. The molecule has 1 nitrogen and oxygen atoms in total. The molecule has 2 rings (SSSR count). The van der Waals surface area contributed by atoms with Crippen LogP contribution in [0.5, 0.6) is 0 Å². The highest BCUT2D eigenvalue weighted by molar-refractivity contribution is 6.33. The summed E-state index contributed by atoms with van der Waals surface area (Å²) in [6.45, 7) is 1.59. The van der Waals surface area contributed by atoms with Crippen molar-refractivity contribution in [3.8, 4) is 23.5 Å². The Morgan fingerprint density at radius 3 is 2.28 bits per heavy atom. The molecule has 0 saturated carbocycles. The molecule has 0 saturated heterocycles. The van der Waals surface area contributed by atoms with E-state index in [4.69, 9.17) is 18.0 Å². The minimum atomic E-state index is -1.24. The molecule has 1 N–H and O–H groups in total. The van der Waals surface area contributed by atoms with Crippen molar-refractivity contribution < 1.29 is 5.11 Å². The molecule has 90 valence electrons. The molecule has 1 atom stereocenters. The summed E-state index contributed by atoms with van der Waals surface area (Å²) in [5.74, 6) is 2.36. The van der Waals surface area contributed by atoms with E-state index in [1.807, 2.05) is 48.5 Å². The predicted octanol–water partition coefficient (Wildman–Crippen LogP) is 3.85. The first-order valence-electron chi connectivity index (χ1n) is 5.60. The van der Waals surface area contributed by atoms with Crippen LogP contribution < -0.4 is 0 Å². The molecule has 1 unspecified atom stereocenters. The van der Waals surface area contributed by atoms with Crippen molar-refractivity contribution in [1.82, 2.24) is 0 Å². The summed E-state index contributed by atoms with van der Waals surface area (Å²) >= 11 is 6.13. The van der Waals surface area contributed by atoms with Crippen LogP contribution in [0.4, 0.5) is 0 Å². The molecule has 2 heteroatoms. The molecule has 0 aliphatic rings. The van der Waals surface area contributed by atoms with E-state index in [0.717, 1.165) is 11.1 Å². The van der Waals surface area contributed by atoms with Crippen molar-refractivity contribution in [3.63, 3.8) is 0 Å². The normalized spacial score (nSPS) is 13.7. The molecule has 0 aliphatic heterocycles. The maximum atomic E-state index is 9.95. The van der Waals surface area contributed by atoms with E-state index in [9.17, 15) is 5.11 Å². The highest BCUT2D eigenvalue weighted by Crippen LogP contribution is 2.29. The van der Waals surface area contributed by atoms with Crippen LogP contribution in [0.3, 0.4) is 0 Å². The van der Waals surface area contributed by atoms with Crippen molar-refractivity contribution in [2.45, 2.75) is 12.5 Å². The van der Waals surface area contributed by atoms with Crippen molar-refractivity contribution in [2.24, 2.45) is 0 Å². The molecule has 18 heavy (non-hydrogen) atoms. The Bertz CT molecular complexity index is 591. The van der Waals surface area contributed by atoms with Gasteiger partial charge in [-0.25, -0.2) is 0 Å². The van der Waals surface area contributed by atoms with E-state index in [0.29, 0.717) is 10.6 Å². The Hall–Kier alpha value is -1.75. The van der Waals surface area contributed by atoms with Crippen LogP contribution in [0.15, 0.2) is 48.5 Å². The van der Waals surface area contributed by atoms with E-state index in [1.165, 1.54) is 0 Å². The van der Waals surface area contributed by atoms with Gasteiger partial charge in [0, 0.05) is 10.6 Å². The van der Waals surface area contributed by atoms with E-state index >= 15 is 0 Å². The van der Waals surface area contributed by atoms with E-state index < -0.39 is 5.60 Å². The van der Waals surface area contributed by atoms with Gasteiger partial charge in [-0.2, -0.15) is 0 Å². The van der Waals surface area contributed by atoms with E-state index in [2.05, 4.69) is 5.92 Å². The van der Waals surface area contributed by atoms with Crippen LogP contribution in [0.25, 0.3) is 11.1 Å². The topological polar surface area (TPSA) is 20.2 Å². The van der Waals surface area contributed by atoms with Crippen molar-refractivity contribution in [1.29, 1.82) is 0 Å². The largest absolute Gasteiger partial charge is 0.374 e. The zero-order valence-corrected chi connectivity index (χ0v) is 10.8. The quantitative estimate of drug-likeness (QED) is 0.810. The molecular formula is C16H13ClO. The van der Waals surface area contributed by atoms with Crippen molar-refractivity contribution >= 4 is 11.6 Å². The minimum Gasteiger partial charge on any atom is -0.374 e. The second kappa shape index (κ2) is 4.86. The predicted molar refractivity (Wildman–Crippen MR) is 75.3 cm³/mol. The Morgan fingerprint density at radius 2 is 1.72 bits per heavy atom. The summed E-state index contributed by atoms with van der Waals surface area (Å²) in [4.78, 5) is 0. The lowest BCUT2D eigenvalue weighted by Gasteiger charge is -2.17. The van der Waals surface area contributed by atoms with Gasteiger partial charge in [0.05, 0.1) is 0 Å². The third-order valence-electron chi connectivity index (χ3n) is 2.91. The third kappa shape index (κ3) is 2.41. The van der Waals surface area contributed by atoms with E-state index in [-0.39, 0.29) is 0 Å². The van der Waals surface area contributed by atoms with E-state index in [1.54, 1.807) is 6.92 Å². The lowest BCUT2D eigenvalue weighted by atomic mass is 9.94. The van der Waals surface area contributed by atoms with Crippen LogP contribution in [0.1, 0.15) is 12.5 Å². The number of benzene rings is 2. The van der Waals surface area contributed by atoms with Gasteiger partial charge >= 0.3 is 0 Å². The summed E-state index contributed by atoms with van der Waals surface area (Å²) in [6, 6.07) is 15.1. The van der Waals surface area contributed by atoms with Gasteiger partial charge in [0.15, 0.2) is 0 Å². The molecule has 0 bridgehead atoms. The van der Waals surface area contributed by atoms with Crippen LogP contribution in [0, 0.1) is 12.3 Å². The molecule has 0 heterocycles. The second-order valence-corrected chi connectivity index (χ2v) is 4.68. The number of terminal acetylenes is 1. The Balaban J connectivity index is 2.41. The van der Waals surface area contributed by atoms with Gasteiger partial charge < -0.3 is 5.11 Å². The maximum Gasteiger partial charge on any atom is 0.147 e. The summed E-state index contributed by atoms with van der Waals surface area (Å²) in [5, 5.41) is 10.7. The lowest BCUT2D eigenvalue weighted by molar-refractivity contribution is 0.122. The third-order valence-corrected chi connectivity index (χ3v) is 3.24. The fourth-order valence-corrected chi connectivity index (χ4v) is 2.00. The first-order valence-corrected chi connectivity index (χ1v) is 5.98. The Morgan fingerprint density at radius 1 is 1.11 bits per heavy atom. The summed E-state index contributed by atoms with van der Waals surface area (Å²) in [7, 11) is 0. The summed E-state index contributed by atoms with van der Waals surface area (Å²) in [5.41, 5.74) is 1.42. The average Bonchev–Trinajstić information content (AvgIpc) is 2.39. The van der Waals surface area contributed by atoms with Crippen molar-refractivity contribution in [3.05, 3.63) is 59.1 Å². The molecule has 0 aliphatic carbocycles. The highest BCUT2D eigenvalue weighted by atomic mass is 35.5. The molecular weight excluding hydrogens is 244 g/mol. The Kier molecular flexibility index (Phi) is 3.43. The number of rotatable bonds is 2. The zero-order chi connectivity index (χ0) is 13.2. The van der Waals surface area contributed by atoms with Gasteiger partial charge in [-0.15, -0.1) is 6.42 Å². The van der Waals surface area contributed by atoms with Gasteiger partial charge in [0.25, 0.3) is 0 Å². The molecule has 0 spiro atoms. The first-order chi connectivity index (χ1) is 8.54. The maximum absolute atomic E-state index is 9.95. The van der Waals surface area contributed by atoms with Crippen LogP contribution in [-0.4, -0.2) is 5.11 Å². The average molecular weight is 257 g/mol. The number of hydrogen-bond donors (Lipinski definition) is 1. The van der Waals surface area contributed by atoms with Gasteiger partial charge in [0.2, 0.25) is 0 Å². The van der Waals surface area contributed by atoms with Crippen molar-refractivity contribution in [2.75, 3.05) is 0 Å².